The minimum absolute atomic E-state index is 0.0625. The normalized spacial score (nSPS) is 32.8. The first-order valence-electron chi connectivity index (χ1n) is 15.1. The van der Waals surface area contributed by atoms with Gasteiger partial charge in [0.2, 0.25) is 0 Å². The van der Waals surface area contributed by atoms with Crippen molar-refractivity contribution in [1.29, 1.82) is 0 Å². The van der Waals surface area contributed by atoms with Crippen LogP contribution in [0.1, 0.15) is 143 Å². The zero-order valence-corrected chi connectivity index (χ0v) is 22.9. The van der Waals surface area contributed by atoms with Crippen LogP contribution in [0.4, 0.5) is 4.79 Å². The van der Waals surface area contributed by atoms with E-state index in [9.17, 15) is 4.79 Å². The van der Waals surface area contributed by atoms with Crippen LogP contribution in [0.15, 0.2) is 0 Å². The van der Waals surface area contributed by atoms with Crippen LogP contribution in [-0.2, 0) is 9.47 Å². The van der Waals surface area contributed by atoms with Crippen molar-refractivity contribution in [2.75, 3.05) is 0 Å². The van der Waals surface area contributed by atoms with Gasteiger partial charge in [-0.3, -0.25) is 0 Å². The van der Waals surface area contributed by atoms with Crippen molar-refractivity contribution in [2.24, 2.45) is 34.5 Å². The lowest BCUT2D eigenvalue weighted by Crippen LogP contribution is -2.39. The molecule has 0 unspecified atom stereocenters. The molecular formula is C31H54O3. The van der Waals surface area contributed by atoms with Crippen LogP contribution in [0.2, 0.25) is 0 Å². The number of hydrogen-bond donors (Lipinski definition) is 0. The molecule has 0 saturated heterocycles. The molecular weight excluding hydrogens is 420 g/mol. The molecule has 0 amide bonds. The Balaban J connectivity index is 1.16. The Kier molecular flexibility index (Phi) is 8.95. The van der Waals surface area contributed by atoms with Crippen LogP contribution in [0.3, 0.4) is 0 Å². The summed E-state index contributed by atoms with van der Waals surface area (Å²) in [6, 6.07) is 0. The number of carbonyl (C=O) groups excluding carboxylic acids is 1. The first-order valence-corrected chi connectivity index (χ1v) is 15.1. The molecule has 34 heavy (non-hydrogen) atoms. The lowest BCUT2D eigenvalue weighted by atomic mass is 9.61. The molecule has 0 aromatic rings. The summed E-state index contributed by atoms with van der Waals surface area (Å²) >= 11 is 0. The van der Waals surface area contributed by atoms with Gasteiger partial charge < -0.3 is 9.47 Å². The summed E-state index contributed by atoms with van der Waals surface area (Å²) in [6.07, 6.45) is 22.7. The molecule has 4 fully saturated rings. The molecule has 0 atom stereocenters. The summed E-state index contributed by atoms with van der Waals surface area (Å²) in [5.41, 5.74) is 0.853. The molecule has 4 aliphatic rings. The van der Waals surface area contributed by atoms with E-state index >= 15 is 0 Å². The summed E-state index contributed by atoms with van der Waals surface area (Å²) in [7, 11) is 0. The first kappa shape index (κ1) is 26.3. The molecule has 0 N–H and O–H groups in total. The Morgan fingerprint density at radius 2 is 0.765 bits per heavy atom. The summed E-state index contributed by atoms with van der Waals surface area (Å²) in [5.74, 6) is 3.31. The predicted octanol–water partition coefficient (Wildman–Crippen LogP) is 9.47. The van der Waals surface area contributed by atoms with Crippen molar-refractivity contribution in [3.05, 3.63) is 0 Å². The highest BCUT2D eigenvalue weighted by molar-refractivity contribution is 5.60. The third kappa shape index (κ3) is 6.33. The molecule has 3 heteroatoms. The van der Waals surface area contributed by atoms with Gasteiger partial charge in [0.15, 0.2) is 0 Å². The minimum Gasteiger partial charge on any atom is -0.431 e. The maximum atomic E-state index is 12.6. The van der Waals surface area contributed by atoms with Gasteiger partial charge in [-0.15, -0.1) is 0 Å². The van der Waals surface area contributed by atoms with Gasteiger partial charge in [0.25, 0.3) is 0 Å². The van der Waals surface area contributed by atoms with E-state index in [-0.39, 0.29) is 12.2 Å². The first-order chi connectivity index (χ1) is 16.3. The molecule has 0 aromatic carbocycles. The Morgan fingerprint density at radius 1 is 0.471 bits per heavy atom. The Morgan fingerprint density at radius 3 is 1.09 bits per heavy atom. The minimum atomic E-state index is -0.398. The van der Waals surface area contributed by atoms with Gasteiger partial charge in [0.1, 0.15) is 12.2 Å². The maximum absolute atomic E-state index is 12.6. The van der Waals surface area contributed by atoms with Crippen LogP contribution < -0.4 is 0 Å². The van der Waals surface area contributed by atoms with E-state index in [1.807, 2.05) is 0 Å². The van der Waals surface area contributed by atoms with Crippen LogP contribution in [-0.4, -0.2) is 18.4 Å². The van der Waals surface area contributed by atoms with E-state index in [2.05, 4.69) is 27.7 Å². The molecule has 4 saturated carbocycles. The van der Waals surface area contributed by atoms with Gasteiger partial charge in [-0.25, -0.2) is 4.79 Å². The largest absolute Gasteiger partial charge is 0.508 e. The molecule has 3 nitrogen and oxygen atoms in total. The highest BCUT2D eigenvalue weighted by Crippen LogP contribution is 2.50. The quantitative estimate of drug-likeness (QED) is 0.359. The van der Waals surface area contributed by atoms with Gasteiger partial charge in [-0.1, -0.05) is 66.2 Å². The van der Waals surface area contributed by atoms with Gasteiger partial charge in [-0.05, 0) is 112 Å². The Labute approximate surface area is 210 Å². The lowest BCUT2D eigenvalue weighted by molar-refractivity contribution is -0.0443. The molecule has 0 aromatic heterocycles. The van der Waals surface area contributed by atoms with Crippen LogP contribution in [0.5, 0.6) is 0 Å². The van der Waals surface area contributed by atoms with Gasteiger partial charge in [-0.2, -0.15) is 0 Å². The molecule has 196 valence electrons. The third-order valence-corrected chi connectivity index (χ3v) is 11.3. The summed E-state index contributed by atoms with van der Waals surface area (Å²) in [4.78, 5) is 12.6. The highest BCUT2D eigenvalue weighted by atomic mass is 16.7. The monoisotopic (exact) mass is 474 g/mol. The fraction of sp³-hybridized carbons (Fsp3) is 0.968. The van der Waals surface area contributed by atoms with Crippen molar-refractivity contribution in [1.82, 2.24) is 0 Å². The molecule has 0 radical (unpaired) electrons. The van der Waals surface area contributed by atoms with E-state index in [0.717, 1.165) is 49.4 Å². The number of rotatable bonds is 6. The second kappa shape index (κ2) is 11.5. The van der Waals surface area contributed by atoms with Gasteiger partial charge in [0.05, 0.1) is 0 Å². The second-order valence-electron chi connectivity index (χ2n) is 13.7. The maximum Gasteiger partial charge on any atom is 0.508 e. The fourth-order valence-corrected chi connectivity index (χ4v) is 8.51. The third-order valence-electron chi connectivity index (χ3n) is 11.3. The highest BCUT2D eigenvalue weighted by Gasteiger charge is 2.41. The summed E-state index contributed by atoms with van der Waals surface area (Å²) in [6.45, 7) is 10.0. The second-order valence-corrected chi connectivity index (χ2v) is 13.7. The topological polar surface area (TPSA) is 35.5 Å². The van der Waals surface area contributed by atoms with Crippen LogP contribution in [0.25, 0.3) is 0 Å². The van der Waals surface area contributed by atoms with E-state index in [1.54, 1.807) is 0 Å². The van der Waals surface area contributed by atoms with E-state index in [0.29, 0.717) is 10.8 Å². The number of hydrogen-bond acceptors (Lipinski definition) is 3. The van der Waals surface area contributed by atoms with Crippen molar-refractivity contribution in [2.45, 2.75) is 155 Å². The van der Waals surface area contributed by atoms with Crippen LogP contribution >= 0.6 is 0 Å². The summed E-state index contributed by atoms with van der Waals surface area (Å²) < 4.78 is 11.7. The smallest absolute Gasteiger partial charge is 0.431 e. The number of carbonyl (C=O) groups is 1. The molecule has 0 bridgehead atoms. The Hall–Kier alpha value is -0.730. The van der Waals surface area contributed by atoms with Gasteiger partial charge in [0, 0.05) is 0 Å². The zero-order chi connectivity index (χ0) is 24.2. The molecule has 0 heterocycles. The summed E-state index contributed by atoms with van der Waals surface area (Å²) in [5, 5.41) is 0. The molecule has 4 aliphatic carbocycles. The fourth-order valence-electron chi connectivity index (χ4n) is 8.51. The van der Waals surface area contributed by atoms with Crippen molar-refractivity contribution >= 4 is 6.16 Å². The lowest BCUT2D eigenvalue weighted by Gasteiger charge is -2.46. The molecule has 0 spiro atoms. The molecule has 0 aliphatic heterocycles. The Bertz CT molecular complexity index is 571. The average molecular weight is 475 g/mol. The van der Waals surface area contributed by atoms with Gasteiger partial charge >= 0.3 is 6.16 Å². The van der Waals surface area contributed by atoms with E-state index < -0.39 is 6.16 Å². The standard InChI is InChI=1S/C31H54O3/c1-30(2,23-11-7-5-8-12-23)25-15-19-27(20-16-25)33-29(32)34-28-21-17-26(18-22-28)31(3,4)24-13-9-6-10-14-24/h23-28H,5-22H2,1-4H3. The van der Waals surface area contributed by atoms with Crippen LogP contribution in [0, 0.1) is 34.5 Å². The molecule has 4 rings (SSSR count). The van der Waals surface area contributed by atoms with Crippen molar-refractivity contribution in [3.63, 3.8) is 0 Å². The van der Waals surface area contributed by atoms with Crippen molar-refractivity contribution < 1.29 is 14.3 Å². The van der Waals surface area contributed by atoms with Crippen molar-refractivity contribution in [3.8, 4) is 0 Å². The van der Waals surface area contributed by atoms with E-state index in [4.69, 9.17) is 9.47 Å². The predicted molar refractivity (Wildman–Crippen MR) is 140 cm³/mol. The average Bonchev–Trinajstić information content (AvgIpc) is 2.86. The SMILES string of the molecule is CC(C)(C1CCCCC1)C1CCC(OC(=O)OC2CCC(C(C)(C)C3CCCCC3)CC2)CC1. The zero-order valence-electron chi connectivity index (χ0n) is 22.9. The number of ether oxygens (including phenoxy) is 2. The van der Waals surface area contributed by atoms with E-state index in [1.165, 1.54) is 89.9 Å².